The molecular formula is C24H39BrOSi. The standard InChI is InChI=1S/C24H39BrOSi/c1-26-17-7-3-4-8-21-15-18-27(19-16-21,23-9-5-2-6-10-23)24-13-11-22(20-25)12-14-24/h2,5-6,9-10,21-22,24H,3-4,7-8,11-20H2,1H3/t21-,22?,24?,27+. The van der Waals surface area contributed by atoms with Crippen molar-refractivity contribution in [1.29, 1.82) is 0 Å². The summed E-state index contributed by atoms with van der Waals surface area (Å²) in [6.45, 7) is 0.936. The average molecular weight is 452 g/mol. The van der Waals surface area contributed by atoms with Crippen LogP contribution in [0, 0.1) is 11.8 Å². The van der Waals surface area contributed by atoms with Crippen LogP contribution in [0.15, 0.2) is 30.3 Å². The zero-order valence-corrected chi connectivity index (χ0v) is 19.9. The zero-order valence-electron chi connectivity index (χ0n) is 17.3. The van der Waals surface area contributed by atoms with Crippen LogP contribution in [0.2, 0.25) is 17.6 Å². The third kappa shape index (κ3) is 5.70. The number of alkyl halides is 1. The second kappa shape index (κ2) is 11.2. The summed E-state index contributed by atoms with van der Waals surface area (Å²) in [6.07, 6.45) is 14.4. The monoisotopic (exact) mass is 450 g/mol. The Bertz CT molecular complexity index is 518. The van der Waals surface area contributed by atoms with Gasteiger partial charge in [0.25, 0.3) is 0 Å². The van der Waals surface area contributed by atoms with E-state index in [-0.39, 0.29) is 0 Å². The fourth-order valence-electron chi connectivity index (χ4n) is 5.91. The molecule has 0 atom stereocenters. The van der Waals surface area contributed by atoms with Gasteiger partial charge in [-0.25, -0.2) is 0 Å². The Hall–Kier alpha value is -0.123. The van der Waals surface area contributed by atoms with E-state index in [2.05, 4.69) is 46.3 Å². The van der Waals surface area contributed by atoms with Crippen molar-refractivity contribution < 1.29 is 4.74 Å². The van der Waals surface area contributed by atoms with Crippen LogP contribution in [-0.4, -0.2) is 27.1 Å². The largest absolute Gasteiger partial charge is 0.385 e. The minimum atomic E-state index is -1.34. The van der Waals surface area contributed by atoms with Gasteiger partial charge in [-0.15, -0.1) is 0 Å². The van der Waals surface area contributed by atoms with E-state index >= 15 is 0 Å². The molecule has 1 aliphatic carbocycles. The van der Waals surface area contributed by atoms with Gasteiger partial charge >= 0.3 is 0 Å². The Labute approximate surface area is 176 Å². The van der Waals surface area contributed by atoms with Crippen molar-refractivity contribution in [3.8, 4) is 0 Å². The van der Waals surface area contributed by atoms with Crippen molar-refractivity contribution >= 4 is 29.2 Å². The predicted molar refractivity (Wildman–Crippen MR) is 124 cm³/mol. The maximum Gasteiger partial charge on any atom is 0.0897 e. The molecule has 0 N–H and O–H groups in total. The van der Waals surface area contributed by atoms with Crippen LogP contribution >= 0.6 is 15.9 Å². The molecule has 1 aromatic carbocycles. The topological polar surface area (TPSA) is 9.23 Å². The van der Waals surface area contributed by atoms with Crippen LogP contribution in [0.25, 0.3) is 0 Å². The summed E-state index contributed by atoms with van der Waals surface area (Å²) in [7, 11) is 0.482. The van der Waals surface area contributed by atoms with Gasteiger partial charge < -0.3 is 4.74 Å². The van der Waals surface area contributed by atoms with Gasteiger partial charge in [-0.2, -0.15) is 0 Å². The summed E-state index contributed by atoms with van der Waals surface area (Å²) in [5, 5.41) is 3.00. The number of methoxy groups -OCH3 is 1. The molecule has 1 aromatic rings. The van der Waals surface area contributed by atoms with Crippen LogP contribution < -0.4 is 5.19 Å². The van der Waals surface area contributed by atoms with Crippen molar-refractivity contribution in [2.24, 2.45) is 11.8 Å². The molecular weight excluding hydrogens is 412 g/mol. The summed E-state index contributed by atoms with van der Waals surface area (Å²) >= 11 is 3.74. The molecule has 152 valence electrons. The highest BCUT2D eigenvalue weighted by Gasteiger charge is 2.45. The van der Waals surface area contributed by atoms with E-state index in [4.69, 9.17) is 4.74 Å². The number of unbranched alkanes of at least 4 members (excludes halogenated alkanes) is 2. The second-order valence-corrected chi connectivity index (χ2v) is 14.5. The molecule has 1 saturated carbocycles. The highest BCUT2D eigenvalue weighted by atomic mass is 79.9. The van der Waals surface area contributed by atoms with Crippen LogP contribution in [0.3, 0.4) is 0 Å². The Morgan fingerprint density at radius 1 is 0.889 bits per heavy atom. The van der Waals surface area contributed by atoms with E-state index in [1.807, 2.05) is 7.11 Å². The Morgan fingerprint density at radius 2 is 1.59 bits per heavy atom. The number of hydrogen-bond acceptors (Lipinski definition) is 1. The first-order valence-corrected chi connectivity index (χ1v) is 15.0. The smallest absolute Gasteiger partial charge is 0.0897 e. The van der Waals surface area contributed by atoms with Gasteiger partial charge in [0, 0.05) is 19.0 Å². The first kappa shape index (κ1) is 21.6. The molecule has 2 fully saturated rings. The SMILES string of the molecule is COCCCCC[C@H]1CC[Si@@](c2ccccc2)(C2CCC(CBr)CC2)CC1. The van der Waals surface area contributed by atoms with Crippen LogP contribution in [0.4, 0.5) is 0 Å². The normalized spacial score (nSPS) is 31.7. The van der Waals surface area contributed by atoms with Gasteiger partial charge in [0.1, 0.15) is 0 Å². The van der Waals surface area contributed by atoms with Crippen molar-refractivity contribution in [1.82, 2.24) is 0 Å². The van der Waals surface area contributed by atoms with Crippen molar-refractivity contribution in [3.05, 3.63) is 30.3 Å². The van der Waals surface area contributed by atoms with Gasteiger partial charge in [0.05, 0.1) is 8.07 Å². The molecule has 1 saturated heterocycles. The molecule has 2 aliphatic rings. The molecule has 3 rings (SSSR count). The number of benzene rings is 1. The van der Waals surface area contributed by atoms with Crippen molar-refractivity contribution in [2.45, 2.75) is 81.8 Å². The summed E-state index contributed by atoms with van der Waals surface area (Å²) in [5.74, 6) is 1.93. The third-order valence-electron chi connectivity index (χ3n) is 7.65. The molecule has 3 heteroatoms. The van der Waals surface area contributed by atoms with Crippen LogP contribution in [0.5, 0.6) is 0 Å². The quantitative estimate of drug-likeness (QED) is 0.225. The average Bonchev–Trinajstić information content (AvgIpc) is 2.75. The number of hydrogen-bond donors (Lipinski definition) is 0. The number of halogens is 1. The van der Waals surface area contributed by atoms with Crippen molar-refractivity contribution in [3.63, 3.8) is 0 Å². The van der Waals surface area contributed by atoms with E-state index < -0.39 is 8.07 Å². The fraction of sp³-hybridized carbons (Fsp3) is 0.750. The zero-order chi connectivity index (χ0) is 19.0. The highest BCUT2D eigenvalue weighted by Crippen LogP contribution is 2.48. The lowest BCUT2D eigenvalue weighted by atomic mass is 9.90. The minimum absolute atomic E-state index is 0.936. The minimum Gasteiger partial charge on any atom is -0.385 e. The van der Waals surface area contributed by atoms with Gasteiger partial charge in [-0.3, -0.25) is 0 Å². The maximum absolute atomic E-state index is 5.20. The lowest BCUT2D eigenvalue weighted by Gasteiger charge is -2.47. The molecule has 0 unspecified atom stereocenters. The predicted octanol–water partition coefficient (Wildman–Crippen LogP) is 6.91. The van der Waals surface area contributed by atoms with Gasteiger partial charge in [-0.1, -0.05) is 108 Å². The first-order chi connectivity index (χ1) is 13.3. The lowest BCUT2D eigenvalue weighted by molar-refractivity contribution is 0.191. The summed E-state index contributed by atoms with van der Waals surface area (Å²) in [4.78, 5) is 0. The van der Waals surface area contributed by atoms with Gasteiger partial charge in [0.15, 0.2) is 0 Å². The number of rotatable bonds is 9. The molecule has 0 aromatic heterocycles. The molecule has 0 amide bonds. The third-order valence-corrected chi connectivity index (χ3v) is 14.6. The molecule has 0 radical (unpaired) electrons. The van der Waals surface area contributed by atoms with E-state index in [1.54, 1.807) is 17.3 Å². The summed E-state index contributed by atoms with van der Waals surface area (Å²) < 4.78 is 5.20. The second-order valence-electron chi connectivity index (χ2n) is 9.18. The lowest BCUT2D eigenvalue weighted by Crippen LogP contribution is -2.54. The van der Waals surface area contributed by atoms with E-state index in [0.29, 0.717) is 0 Å². The van der Waals surface area contributed by atoms with E-state index in [1.165, 1.54) is 69.5 Å². The Morgan fingerprint density at radius 3 is 2.22 bits per heavy atom. The molecule has 1 nitrogen and oxygen atoms in total. The summed E-state index contributed by atoms with van der Waals surface area (Å²) in [6, 6.07) is 14.9. The van der Waals surface area contributed by atoms with Crippen LogP contribution in [0.1, 0.15) is 64.2 Å². The fourth-order valence-corrected chi connectivity index (χ4v) is 12.8. The molecule has 27 heavy (non-hydrogen) atoms. The molecule has 1 aliphatic heterocycles. The summed E-state index contributed by atoms with van der Waals surface area (Å²) in [5.41, 5.74) is 1.04. The van der Waals surface area contributed by atoms with Gasteiger partial charge in [0.2, 0.25) is 0 Å². The molecule has 1 heterocycles. The molecule has 0 bridgehead atoms. The van der Waals surface area contributed by atoms with Crippen LogP contribution in [-0.2, 0) is 4.74 Å². The Balaban J connectivity index is 1.60. The van der Waals surface area contributed by atoms with E-state index in [0.717, 1.165) is 24.0 Å². The number of ether oxygens (including phenoxy) is 1. The van der Waals surface area contributed by atoms with E-state index in [9.17, 15) is 0 Å². The first-order valence-electron chi connectivity index (χ1n) is 11.4. The van der Waals surface area contributed by atoms with Crippen molar-refractivity contribution in [2.75, 3.05) is 19.0 Å². The molecule has 0 spiro atoms. The van der Waals surface area contributed by atoms with Gasteiger partial charge in [-0.05, 0) is 36.6 Å². The highest BCUT2D eigenvalue weighted by molar-refractivity contribution is 9.09. The Kier molecular flexibility index (Phi) is 8.92. The maximum atomic E-state index is 5.20.